The summed E-state index contributed by atoms with van der Waals surface area (Å²) in [4.78, 5) is 4.23. The fourth-order valence-corrected chi connectivity index (χ4v) is 3.72. The zero-order valence-corrected chi connectivity index (χ0v) is 16.1. The van der Waals surface area contributed by atoms with E-state index in [0.29, 0.717) is 25.3 Å². The van der Waals surface area contributed by atoms with E-state index in [9.17, 15) is 13.2 Å². The molecule has 0 radical (unpaired) electrons. The van der Waals surface area contributed by atoms with Gasteiger partial charge >= 0.3 is 6.18 Å². The molecule has 0 aromatic carbocycles. The number of guanidine groups is 1. The van der Waals surface area contributed by atoms with Gasteiger partial charge in [-0.3, -0.25) is 9.67 Å². The molecule has 8 heteroatoms. The summed E-state index contributed by atoms with van der Waals surface area (Å²) in [7, 11) is 3.63. The van der Waals surface area contributed by atoms with Gasteiger partial charge in [-0.2, -0.15) is 18.3 Å². The highest BCUT2D eigenvalue weighted by Crippen LogP contribution is 2.37. The van der Waals surface area contributed by atoms with Gasteiger partial charge in [0.1, 0.15) is 0 Å². The van der Waals surface area contributed by atoms with E-state index < -0.39 is 12.1 Å². The van der Waals surface area contributed by atoms with Gasteiger partial charge < -0.3 is 10.6 Å². The standard InChI is InChI=1S/C18H30F3N5/c1-5-15-14(16(6-2)26(4)25-15)11-23-17(22-3)24-13-9-7-12(8-10-13)18(19,20)21/h12-13H,5-11H2,1-4H3,(H2,22,23,24). The van der Waals surface area contributed by atoms with Crippen LogP contribution >= 0.6 is 0 Å². The lowest BCUT2D eigenvalue weighted by molar-refractivity contribution is -0.182. The molecular weight excluding hydrogens is 343 g/mol. The average molecular weight is 373 g/mol. The molecule has 0 aliphatic heterocycles. The zero-order chi connectivity index (χ0) is 19.3. The topological polar surface area (TPSA) is 54.2 Å². The highest BCUT2D eigenvalue weighted by molar-refractivity contribution is 5.80. The van der Waals surface area contributed by atoms with Crippen molar-refractivity contribution in [3.8, 4) is 0 Å². The number of hydrogen-bond donors (Lipinski definition) is 2. The first-order valence-corrected chi connectivity index (χ1v) is 9.37. The van der Waals surface area contributed by atoms with Gasteiger partial charge in [-0.1, -0.05) is 13.8 Å². The Kier molecular flexibility index (Phi) is 6.94. The van der Waals surface area contributed by atoms with Crippen LogP contribution in [-0.4, -0.2) is 35.0 Å². The second-order valence-electron chi connectivity index (χ2n) is 6.86. The largest absolute Gasteiger partial charge is 0.391 e. The van der Waals surface area contributed by atoms with Gasteiger partial charge in [0.25, 0.3) is 0 Å². The fraction of sp³-hybridized carbons (Fsp3) is 0.778. The minimum atomic E-state index is -4.07. The lowest BCUT2D eigenvalue weighted by atomic mass is 9.85. The van der Waals surface area contributed by atoms with Crippen LogP contribution in [0.25, 0.3) is 0 Å². The number of aryl methyl sites for hydroxylation is 2. The second kappa shape index (κ2) is 8.77. The molecule has 2 rings (SSSR count). The van der Waals surface area contributed by atoms with Crippen LogP contribution in [0.4, 0.5) is 13.2 Å². The third-order valence-corrected chi connectivity index (χ3v) is 5.21. The van der Waals surface area contributed by atoms with E-state index >= 15 is 0 Å². The molecule has 1 fully saturated rings. The summed E-state index contributed by atoms with van der Waals surface area (Å²) in [5, 5.41) is 11.1. The summed E-state index contributed by atoms with van der Waals surface area (Å²) in [5.41, 5.74) is 3.44. The first-order chi connectivity index (χ1) is 12.3. The number of aliphatic imine (C=N–C) groups is 1. The smallest absolute Gasteiger partial charge is 0.354 e. The maximum atomic E-state index is 12.8. The molecule has 148 valence electrons. The van der Waals surface area contributed by atoms with Crippen LogP contribution in [0.15, 0.2) is 4.99 Å². The number of nitrogens with one attached hydrogen (secondary N) is 2. The minimum absolute atomic E-state index is 0.0324. The molecule has 1 aliphatic carbocycles. The van der Waals surface area contributed by atoms with Gasteiger partial charge in [0, 0.05) is 37.9 Å². The summed E-state index contributed by atoms with van der Waals surface area (Å²) in [6.07, 6.45) is -0.928. The quantitative estimate of drug-likeness (QED) is 0.615. The monoisotopic (exact) mass is 373 g/mol. The van der Waals surface area contributed by atoms with E-state index in [2.05, 4.69) is 34.6 Å². The van der Waals surface area contributed by atoms with Gasteiger partial charge in [-0.15, -0.1) is 0 Å². The van der Waals surface area contributed by atoms with Crippen molar-refractivity contribution in [2.75, 3.05) is 7.05 Å². The van der Waals surface area contributed by atoms with Crippen LogP contribution < -0.4 is 10.6 Å². The number of halogens is 3. The average Bonchev–Trinajstić information content (AvgIpc) is 2.92. The van der Waals surface area contributed by atoms with Crippen LogP contribution in [0, 0.1) is 5.92 Å². The summed E-state index contributed by atoms with van der Waals surface area (Å²) in [6.45, 7) is 4.79. The predicted molar refractivity (Wildman–Crippen MR) is 97.1 cm³/mol. The first kappa shape index (κ1) is 20.6. The van der Waals surface area contributed by atoms with E-state index in [0.717, 1.165) is 18.5 Å². The minimum Gasteiger partial charge on any atom is -0.354 e. The summed E-state index contributed by atoms with van der Waals surface area (Å²) >= 11 is 0. The summed E-state index contributed by atoms with van der Waals surface area (Å²) in [5.74, 6) is -0.529. The molecule has 26 heavy (non-hydrogen) atoms. The summed E-state index contributed by atoms with van der Waals surface area (Å²) in [6, 6.07) is 0.0324. The number of rotatable bonds is 5. The number of aromatic nitrogens is 2. The van der Waals surface area contributed by atoms with E-state index in [4.69, 9.17) is 0 Å². The van der Waals surface area contributed by atoms with Crippen LogP contribution in [0.3, 0.4) is 0 Å². The van der Waals surface area contributed by atoms with Gasteiger partial charge in [0.2, 0.25) is 0 Å². The van der Waals surface area contributed by atoms with E-state index in [1.807, 2.05) is 11.7 Å². The Labute approximate surface area is 153 Å². The Hall–Kier alpha value is -1.73. The Morgan fingerprint density at radius 1 is 1.19 bits per heavy atom. The number of hydrogen-bond acceptors (Lipinski definition) is 2. The molecule has 0 atom stereocenters. The predicted octanol–water partition coefficient (Wildman–Crippen LogP) is 3.33. The van der Waals surface area contributed by atoms with Crippen molar-refractivity contribution < 1.29 is 13.2 Å². The van der Waals surface area contributed by atoms with E-state index in [1.54, 1.807) is 7.05 Å². The van der Waals surface area contributed by atoms with Crippen LogP contribution in [-0.2, 0) is 26.4 Å². The molecule has 0 spiro atoms. The molecule has 1 heterocycles. The third kappa shape index (κ3) is 4.92. The first-order valence-electron chi connectivity index (χ1n) is 9.37. The van der Waals surface area contributed by atoms with E-state index in [1.165, 1.54) is 11.3 Å². The molecule has 0 bridgehead atoms. The zero-order valence-electron chi connectivity index (χ0n) is 16.1. The van der Waals surface area contributed by atoms with Crippen LogP contribution in [0.2, 0.25) is 0 Å². The summed E-state index contributed by atoms with van der Waals surface area (Å²) < 4.78 is 40.3. The third-order valence-electron chi connectivity index (χ3n) is 5.21. The second-order valence-corrected chi connectivity index (χ2v) is 6.86. The molecule has 1 aromatic rings. The molecule has 2 N–H and O–H groups in total. The molecule has 0 unspecified atom stereocenters. The highest BCUT2D eigenvalue weighted by Gasteiger charge is 2.41. The van der Waals surface area contributed by atoms with Gasteiger partial charge in [0.05, 0.1) is 11.6 Å². The molecule has 1 aliphatic rings. The van der Waals surface area contributed by atoms with E-state index in [-0.39, 0.29) is 18.9 Å². The Bertz CT molecular complexity index is 613. The Morgan fingerprint density at radius 2 is 1.85 bits per heavy atom. The molecule has 1 aromatic heterocycles. The Balaban J connectivity index is 1.92. The van der Waals surface area contributed by atoms with Crippen LogP contribution in [0.5, 0.6) is 0 Å². The number of alkyl halides is 3. The maximum Gasteiger partial charge on any atom is 0.391 e. The van der Waals surface area contributed by atoms with Crippen molar-refractivity contribution in [2.24, 2.45) is 18.0 Å². The molecule has 0 amide bonds. The molecule has 1 saturated carbocycles. The van der Waals surface area contributed by atoms with Crippen molar-refractivity contribution in [3.63, 3.8) is 0 Å². The highest BCUT2D eigenvalue weighted by atomic mass is 19.4. The SMILES string of the molecule is CCc1nn(C)c(CC)c1CNC(=NC)NC1CCC(C(F)(F)F)CC1. The normalized spacial score (nSPS) is 21.7. The van der Waals surface area contributed by atoms with Crippen LogP contribution in [0.1, 0.15) is 56.5 Å². The van der Waals surface area contributed by atoms with Crippen molar-refractivity contribution in [3.05, 3.63) is 17.0 Å². The van der Waals surface area contributed by atoms with Crippen molar-refractivity contribution >= 4 is 5.96 Å². The lowest BCUT2D eigenvalue weighted by Crippen LogP contribution is -2.45. The van der Waals surface area contributed by atoms with Crippen molar-refractivity contribution in [2.45, 2.75) is 71.1 Å². The molecule has 0 saturated heterocycles. The number of nitrogens with zero attached hydrogens (tertiary/aromatic N) is 3. The fourth-order valence-electron chi connectivity index (χ4n) is 3.72. The molecular formula is C18H30F3N5. The maximum absolute atomic E-state index is 12.8. The van der Waals surface area contributed by atoms with Gasteiger partial charge in [0.15, 0.2) is 5.96 Å². The van der Waals surface area contributed by atoms with Gasteiger partial charge in [-0.05, 0) is 38.5 Å². The lowest BCUT2D eigenvalue weighted by Gasteiger charge is -2.31. The van der Waals surface area contributed by atoms with Crippen molar-refractivity contribution in [1.82, 2.24) is 20.4 Å². The van der Waals surface area contributed by atoms with Gasteiger partial charge in [-0.25, -0.2) is 0 Å². The molecule has 5 nitrogen and oxygen atoms in total. The Morgan fingerprint density at radius 3 is 2.35 bits per heavy atom. The van der Waals surface area contributed by atoms with Crippen molar-refractivity contribution in [1.29, 1.82) is 0 Å².